The number of carbonyl (C=O) groups excluding carboxylic acids is 2. The molecule has 7 heteroatoms. The SMILES string of the molecule is CN(CC(=O)Nc1ccc(F)cc1)C(=O)COc1ccc(OCc2ccccc2)cc1. The Morgan fingerprint density at radius 2 is 1.48 bits per heavy atom. The summed E-state index contributed by atoms with van der Waals surface area (Å²) in [6, 6.07) is 22.2. The van der Waals surface area contributed by atoms with Gasteiger partial charge in [0.25, 0.3) is 5.91 Å². The first-order chi connectivity index (χ1) is 15.0. The number of benzene rings is 3. The summed E-state index contributed by atoms with van der Waals surface area (Å²) in [5.41, 5.74) is 1.53. The minimum atomic E-state index is -0.391. The van der Waals surface area contributed by atoms with Crippen LogP contribution in [-0.2, 0) is 16.2 Å². The van der Waals surface area contributed by atoms with Crippen molar-refractivity contribution in [3.05, 3.63) is 90.2 Å². The van der Waals surface area contributed by atoms with Crippen molar-refractivity contribution in [2.24, 2.45) is 0 Å². The lowest BCUT2D eigenvalue weighted by Gasteiger charge is -2.17. The first-order valence-corrected chi connectivity index (χ1v) is 9.68. The summed E-state index contributed by atoms with van der Waals surface area (Å²) < 4.78 is 24.1. The number of rotatable bonds is 9. The number of carbonyl (C=O) groups is 2. The second kappa shape index (κ2) is 10.8. The van der Waals surface area contributed by atoms with Gasteiger partial charge >= 0.3 is 0 Å². The molecule has 0 aliphatic carbocycles. The minimum Gasteiger partial charge on any atom is -0.489 e. The summed E-state index contributed by atoms with van der Waals surface area (Å²) in [4.78, 5) is 25.5. The zero-order chi connectivity index (χ0) is 22.1. The molecule has 0 radical (unpaired) electrons. The number of likely N-dealkylation sites (N-methyl/N-ethyl adjacent to an activating group) is 1. The number of halogens is 1. The fraction of sp³-hybridized carbons (Fsp3) is 0.167. The highest BCUT2D eigenvalue weighted by Crippen LogP contribution is 2.19. The van der Waals surface area contributed by atoms with Crippen LogP contribution in [0.15, 0.2) is 78.9 Å². The van der Waals surface area contributed by atoms with E-state index in [4.69, 9.17) is 9.47 Å². The van der Waals surface area contributed by atoms with Crippen molar-refractivity contribution in [3.8, 4) is 11.5 Å². The first kappa shape index (κ1) is 21.8. The molecule has 31 heavy (non-hydrogen) atoms. The van der Waals surface area contributed by atoms with E-state index in [1.807, 2.05) is 30.3 Å². The van der Waals surface area contributed by atoms with Gasteiger partial charge in [-0.25, -0.2) is 4.39 Å². The number of ether oxygens (including phenoxy) is 2. The molecule has 6 nitrogen and oxygen atoms in total. The van der Waals surface area contributed by atoms with Crippen LogP contribution in [0.25, 0.3) is 0 Å². The molecular formula is C24H23FN2O4. The Morgan fingerprint density at radius 1 is 0.871 bits per heavy atom. The van der Waals surface area contributed by atoms with Crippen LogP contribution in [0.3, 0.4) is 0 Å². The lowest BCUT2D eigenvalue weighted by Crippen LogP contribution is -2.37. The Bertz CT molecular complexity index is 992. The Labute approximate surface area is 180 Å². The summed E-state index contributed by atoms with van der Waals surface area (Å²) >= 11 is 0. The highest BCUT2D eigenvalue weighted by atomic mass is 19.1. The fourth-order valence-corrected chi connectivity index (χ4v) is 2.67. The van der Waals surface area contributed by atoms with Gasteiger partial charge in [-0.1, -0.05) is 30.3 Å². The largest absolute Gasteiger partial charge is 0.489 e. The maximum absolute atomic E-state index is 12.9. The van der Waals surface area contributed by atoms with E-state index >= 15 is 0 Å². The third-order valence-electron chi connectivity index (χ3n) is 4.37. The van der Waals surface area contributed by atoms with E-state index in [0.29, 0.717) is 23.8 Å². The molecule has 0 spiro atoms. The van der Waals surface area contributed by atoms with Crippen molar-refractivity contribution in [2.75, 3.05) is 25.5 Å². The number of amides is 2. The molecule has 0 aliphatic rings. The predicted molar refractivity (Wildman–Crippen MR) is 115 cm³/mol. The van der Waals surface area contributed by atoms with Crippen LogP contribution >= 0.6 is 0 Å². The number of nitrogens with one attached hydrogen (secondary N) is 1. The van der Waals surface area contributed by atoms with E-state index in [1.165, 1.54) is 36.2 Å². The topological polar surface area (TPSA) is 67.9 Å². The number of nitrogens with zero attached hydrogens (tertiary/aromatic N) is 1. The number of hydrogen-bond donors (Lipinski definition) is 1. The maximum atomic E-state index is 12.9. The number of hydrogen-bond acceptors (Lipinski definition) is 4. The monoisotopic (exact) mass is 422 g/mol. The van der Waals surface area contributed by atoms with Crippen molar-refractivity contribution in [1.29, 1.82) is 0 Å². The number of anilines is 1. The Balaban J connectivity index is 1.40. The van der Waals surface area contributed by atoms with Gasteiger partial charge in [-0.15, -0.1) is 0 Å². The molecule has 160 valence electrons. The third kappa shape index (κ3) is 7.15. The molecule has 0 bridgehead atoms. The van der Waals surface area contributed by atoms with E-state index < -0.39 is 5.82 Å². The quantitative estimate of drug-likeness (QED) is 0.568. The highest BCUT2D eigenvalue weighted by molar-refractivity contribution is 5.94. The molecule has 0 aromatic heterocycles. The third-order valence-corrected chi connectivity index (χ3v) is 4.37. The minimum absolute atomic E-state index is 0.147. The van der Waals surface area contributed by atoms with Crippen LogP contribution < -0.4 is 14.8 Å². The van der Waals surface area contributed by atoms with E-state index in [1.54, 1.807) is 24.3 Å². The summed E-state index contributed by atoms with van der Waals surface area (Å²) in [6.07, 6.45) is 0. The summed E-state index contributed by atoms with van der Waals surface area (Å²) in [5, 5.41) is 2.60. The van der Waals surface area contributed by atoms with Gasteiger partial charge in [0, 0.05) is 12.7 Å². The summed E-state index contributed by atoms with van der Waals surface area (Å²) in [5.74, 6) is 0.0842. The van der Waals surface area contributed by atoms with Gasteiger partial charge in [0.15, 0.2) is 6.61 Å². The van der Waals surface area contributed by atoms with Crippen molar-refractivity contribution >= 4 is 17.5 Å². The van der Waals surface area contributed by atoms with Gasteiger partial charge in [0.2, 0.25) is 5.91 Å². The van der Waals surface area contributed by atoms with Crippen LogP contribution in [0.4, 0.5) is 10.1 Å². The fourth-order valence-electron chi connectivity index (χ4n) is 2.67. The summed E-state index contributed by atoms with van der Waals surface area (Å²) in [7, 11) is 1.51. The van der Waals surface area contributed by atoms with E-state index in [0.717, 1.165) is 5.56 Å². The summed E-state index contributed by atoms with van der Waals surface area (Å²) in [6.45, 7) is 0.112. The van der Waals surface area contributed by atoms with Crippen LogP contribution in [-0.4, -0.2) is 36.9 Å². The molecule has 0 atom stereocenters. The predicted octanol–water partition coefficient (Wildman–Crippen LogP) is 3.88. The molecule has 3 aromatic carbocycles. The zero-order valence-corrected chi connectivity index (χ0v) is 17.1. The molecule has 2 amide bonds. The van der Waals surface area contributed by atoms with Crippen LogP contribution in [0, 0.1) is 5.82 Å². The molecule has 0 saturated heterocycles. The zero-order valence-electron chi connectivity index (χ0n) is 17.1. The second-order valence-electron chi connectivity index (χ2n) is 6.84. The Morgan fingerprint density at radius 3 is 2.13 bits per heavy atom. The van der Waals surface area contributed by atoms with Gasteiger partial charge in [-0.3, -0.25) is 9.59 Å². The molecule has 0 unspecified atom stereocenters. The average Bonchev–Trinajstić information content (AvgIpc) is 2.79. The lowest BCUT2D eigenvalue weighted by atomic mass is 10.2. The average molecular weight is 422 g/mol. The van der Waals surface area contributed by atoms with Crippen LogP contribution in [0.2, 0.25) is 0 Å². The normalized spacial score (nSPS) is 10.3. The van der Waals surface area contributed by atoms with Gasteiger partial charge < -0.3 is 19.7 Å². The van der Waals surface area contributed by atoms with Gasteiger partial charge in [-0.2, -0.15) is 0 Å². The molecular weight excluding hydrogens is 399 g/mol. The van der Waals surface area contributed by atoms with E-state index in [9.17, 15) is 14.0 Å². The second-order valence-corrected chi connectivity index (χ2v) is 6.84. The molecule has 0 saturated carbocycles. The Kier molecular flexibility index (Phi) is 7.59. The van der Waals surface area contributed by atoms with E-state index in [-0.39, 0.29) is 25.0 Å². The van der Waals surface area contributed by atoms with Crippen LogP contribution in [0.1, 0.15) is 5.56 Å². The van der Waals surface area contributed by atoms with Crippen molar-refractivity contribution < 1.29 is 23.5 Å². The highest BCUT2D eigenvalue weighted by Gasteiger charge is 2.14. The molecule has 3 aromatic rings. The van der Waals surface area contributed by atoms with Gasteiger partial charge in [0.05, 0.1) is 6.54 Å². The van der Waals surface area contributed by atoms with Gasteiger partial charge in [-0.05, 0) is 54.1 Å². The molecule has 0 aliphatic heterocycles. The van der Waals surface area contributed by atoms with Crippen molar-refractivity contribution in [3.63, 3.8) is 0 Å². The molecule has 0 fully saturated rings. The van der Waals surface area contributed by atoms with Crippen molar-refractivity contribution in [1.82, 2.24) is 4.90 Å². The molecule has 3 rings (SSSR count). The van der Waals surface area contributed by atoms with E-state index in [2.05, 4.69) is 5.32 Å². The molecule has 1 N–H and O–H groups in total. The lowest BCUT2D eigenvalue weighted by molar-refractivity contribution is -0.135. The maximum Gasteiger partial charge on any atom is 0.260 e. The standard InChI is InChI=1S/C24H23FN2O4/c1-27(15-23(28)26-20-9-7-19(25)8-10-20)24(29)17-31-22-13-11-21(12-14-22)30-16-18-5-3-2-4-6-18/h2-14H,15-17H2,1H3,(H,26,28). The smallest absolute Gasteiger partial charge is 0.260 e. The van der Waals surface area contributed by atoms with Crippen LogP contribution in [0.5, 0.6) is 11.5 Å². The first-order valence-electron chi connectivity index (χ1n) is 9.68. The van der Waals surface area contributed by atoms with Crippen molar-refractivity contribution in [2.45, 2.75) is 6.61 Å². The molecule has 0 heterocycles. The van der Waals surface area contributed by atoms with Gasteiger partial charge in [0.1, 0.15) is 23.9 Å². The Hall–Kier alpha value is -3.87.